The zero-order valence-corrected chi connectivity index (χ0v) is 8.15. The Kier molecular flexibility index (Phi) is 1.90. The summed E-state index contributed by atoms with van der Waals surface area (Å²) in [5, 5.41) is 3.57. The van der Waals surface area contributed by atoms with Crippen LogP contribution in [0, 0.1) is 11.3 Å². The number of hydrazine groups is 1. The third-order valence-electron chi connectivity index (χ3n) is 2.69. The van der Waals surface area contributed by atoms with Gasteiger partial charge in [0.1, 0.15) is 0 Å². The van der Waals surface area contributed by atoms with Gasteiger partial charge in [-0.15, -0.1) is 0 Å². The fourth-order valence-corrected chi connectivity index (χ4v) is 1.59. The van der Waals surface area contributed by atoms with E-state index in [1.165, 1.54) is 12.8 Å². The van der Waals surface area contributed by atoms with Crippen molar-refractivity contribution in [1.82, 2.24) is 16.2 Å². The monoisotopic (exact) mass is 169 g/mol. The summed E-state index contributed by atoms with van der Waals surface area (Å²) >= 11 is 0. The van der Waals surface area contributed by atoms with Crippen LogP contribution in [0.15, 0.2) is 0 Å². The van der Waals surface area contributed by atoms with Crippen molar-refractivity contribution < 1.29 is 0 Å². The molecule has 1 saturated carbocycles. The highest BCUT2D eigenvalue weighted by Crippen LogP contribution is 2.33. The van der Waals surface area contributed by atoms with E-state index >= 15 is 0 Å². The van der Waals surface area contributed by atoms with Crippen molar-refractivity contribution in [3.05, 3.63) is 0 Å². The Morgan fingerprint density at radius 3 is 2.17 bits per heavy atom. The van der Waals surface area contributed by atoms with Crippen LogP contribution in [-0.4, -0.2) is 12.3 Å². The lowest BCUT2D eigenvalue weighted by atomic mass is 9.93. The molecule has 0 bridgehead atoms. The van der Waals surface area contributed by atoms with Crippen molar-refractivity contribution in [2.75, 3.05) is 0 Å². The van der Waals surface area contributed by atoms with E-state index in [4.69, 9.17) is 0 Å². The molecule has 70 valence electrons. The molecular formula is C9H19N3. The Morgan fingerprint density at radius 2 is 1.75 bits per heavy atom. The summed E-state index contributed by atoms with van der Waals surface area (Å²) in [5.41, 5.74) is 6.91. The van der Waals surface area contributed by atoms with Gasteiger partial charge in [-0.25, -0.2) is 10.9 Å². The molecule has 3 N–H and O–H groups in total. The standard InChI is InChI=1S/C9H19N3/c1-9(2,3)8-10-7(11-12-8)6-4-5-6/h6-8,10-12H,4-5H2,1-3H3. The van der Waals surface area contributed by atoms with E-state index in [9.17, 15) is 0 Å². The van der Waals surface area contributed by atoms with E-state index in [0.29, 0.717) is 12.3 Å². The summed E-state index contributed by atoms with van der Waals surface area (Å²) in [6.07, 6.45) is 3.67. The van der Waals surface area contributed by atoms with Crippen LogP contribution in [0.5, 0.6) is 0 Å². The first-order valence-electron chi connectivity index (χ1n) is 4.84. The number of hydrogen-bond donors (Lipinski definition) is 3. The summed E-state index contributed by atoms with van der Waals surface area (Å²) in [4.78, 5) is 0. The Balaban J connectivity index is 1.88. The van der Waals surface area contributed by atoms with Crippen molar-refractivity contribution in [2.24, 2.45) is 11.3 Å². The van der Waals surface area contributed by atoms with E-state index in [1.807, 2.05) is 0 Å². The molecule has 2 fully saturated rings. The van der Waals surface area contributed by atoms with Gasteiger partial charge < -0.3 is 0 Å². The molecule has 12 heavy (non-hydrogen) atoms. The number of rotatable bonds is 1. The minimum atomic E-state index is 0.288. The minimum absolute atomic E-state index is 0.288. The van der Waals surface area contributed by atoms with E-state index in [0.717, 1.165) is 5.92 Å². The SMILES string of the molecule is CC(C)(C)C1NNC(C2CC2)N1. The van der Waals surface area contributed by atoms with Gasteiger partial charge in [-0.2, -0.15) is 0 Å². The van der Waals surface area contributed by atoms with E-state index in [-0.39, 0.29) is 5.41 Å². The molecule has 0 spiro atoms. The quantitative estimate of drug-likeness (QED) is 0.543. The maximum Gasteiger partial charge on any atom is 0.0765 e. The second kappa shape index (κ2) is 2.69. The lowest BCUT2D eigenvalue weighted by molar-refractivity contribution is 0.260. The molecule has 1 saturated heterocycles. The summed E-state index contributed by atoms with van der Waals surface area (Å²) in [5.74, 6) is 0.866. The molecule has 1 heterocycles. The molecule has 2 rings (SSSR count). The molecule has 2 aliphatic rings. The molecule has 2 atom stereocenters. The number of hydrogen-bond acceptors (Lipinski definition) is 3. The maximum atomic E-state index is 3.57. The second-order valence-electron chi connectivity index (χ2n) is 5.07. The highest BCUT2D eigenvalue weighted by molar-refractivity contribution is 4.92. The fourth-order valence-electron chi connectivity index (χ4n) is 1.59. The van der Waals surface area contributed by atoms with Crippen molar-refractivity contribution in [3.63, 3.8) is 0 Å². The molecule has 0 aromatic rings. The Hall–Kier alpha value is -0.120. The van der Waals surface area contributed by atoms with Crippen molar-refractivity contribution in [2.45, 2.75) is 45.9 Å². The summed E-state index contributed by atoms with van der Waals surface area (Å²) in [6, 6.07) is 0. The predicted molar refractivity (Wildman–Crippen MR) is 49.2 cm³/mol. The van der Waals surface area contributed by atoms with Crippen LogP contribution >= 0.6 is 0 Å². The van der Waals surface area contributed by atoms with Gasteiger partial charge in [0.15, 0.2) is 0 Å². The van der Waals surface area contributed by atoms with E-state index in [2.05, 4.69) is 36.9 Å². The zero-order chi connectivity index (χ0) is 8.77. The Bertz CT molecular complexity index is 169. The normalized spacial score (nSPS) is 37.2. The molecule has 1 aliphatic heterocycles. The fraction of sp³-hybridized carbons (Fsp3) is 1.00. The van der Waals surface area contributed by atoms with Gasteiger partial charge in [0.2, 0.25) is 0 Å². The molecule has 0 aromatic carbocycles. The van der Waals surface area contributed by atoms with Crippen molar-refractivity contribution in [3.8, 4) is 0 Å². The van der Waals surface area contributed by atoms with Gasteiger partial charge in [-0.1, -0.05) is 20.8 Å². The molecular weight excluding hydrogens is 150 g/mol. The minimum Gasteiger partial charge on any atom is -0.284 e. The van der Waals surface area contributed by atoms with Crippen LogP contribution in [0.25, 0.3) is 0 Å². The molecule has 3 heteroatoms. The third kappa shape index (κ3) is 1.63. The molecule has 1 aliphatic carbocycles. The van der Waals surface area contributed by atoms with Gasteiger partial charge in [0, 0.05) is 0 Å². The average Bonchev–Trinajstić information content (AvgIpc) is 2.66. The first-order valence-corrected chi connectivity index (χ1v) is 4.84. The molecule has 0 radical (unpaired) electrons. The lowest BCUT2D eigenvalue weighted by Gasteiger charge is -2.26. The Labute approximate surface area is 74.3 Å². The van der Waals surface area contributed by atoms with Gasteiger partial charge in [0.25, 0.3) is 0 Å². The smallest absolute Gasteiger partial charge is 0.0765 e. The lowest BCUT2D eigenvalue weighted by Crippen LogP contribution is -2.44. The number of nitrogens with one attached hydrogen (secondary N) is 3. The van der Waals surface area contributed by atoms with Gasteiger partial charge in [-0.05, 0) is 24.2 Å². The predicted octanol–water partition coefficient (Wildman–Crippen LogP) is 0.792. The summed E-state index contributed by atoms with van der Waals surface area (Å²) < 4.78 is 0. The molecule has 0 amide bonds. The maximum absolute atomic E-state index is 3.57. The second-order valence-corrected chi connectivity index (χ2v) is 5.07. The van der Waals surface area contributed by atoms with Crippen LogP contribution in [0.4, 0.5) is 0 Å². The van der Waals surface area contributed by atoms with Crippen LogP contribution in [0.2, 0.25) is 0 Å². The highest BCUT2D eigenvalue weighted by atomic mass is 15.5. The highest BCUT2D eigenvalue weighted by Gasteiger charge is 2.39. The molecule has 0 aromatic heterocycles. The van der Waals surface area contributed by atoms with E-state index in [1.54, 1.807) is 0 Å². The van der Waals surface area contributed by atoms with Crippen LogP contribution < -0.4 is 16.2 Å². The van der Waals surface area contributed by atoms with Crippen LogP contribution in [-0.2, 0) is 0 Å². The third-order valence-corrected chi connectivity index (χ3v) is 2.69. The van der Waals surface area contributed by atoms with Crippen molar-refractivity contribution in [1.29, 1.82) is 0 Å². The summed E-state index contributed by atoms with van der Waals surface area (Å²) in [6.45, 7) is 6.73. The van der Waals surface area contributed by atoms with Crippen molar-refractivity contribution >= 4 is 0 Å². The summed E-state index contributed by atoms with van der Waals surface area (Å²) in [7, 11) is 0. The molecule has 2 unspecified atom stereocenters. The molecule has 3 nitrogen and oxygen atoms in total. The van der Waals surface area contributed by atoms with Crippen LogP contribution in [0.1, 0.15) is 33.6 Å². The largest absolute Gasteiger partial charge is 0.284 e. The van der Waals surface area contributed by atoms with Gasteiger partial charge >= 0.3 is 0 Å². The Morgan fingerprint density at radius 1 is 1.08 bits per heavy atom. The first kappa shape index (κ1) is 8.48. The van der Waals surface area contributed by atoms with Gasteiger partial charge in [0.05, 0.1) is 12.3 Å². The first-order chi connectivity index (χ1) is 5.57. The van der Waals surface area contributed by atoms with E-state index < -0.39 is 0 Å². The van der Waals surface area contributed by atoms with Gasteiger partial charge in [-0.3, -0.25) is 5.32 Å². The zero-order valence-electron chi connectivity index (χ0n) is 8.15. The topological polar surface area (TPSA) is 36.1 Å². The average molecular weight is 169 g/mol. The van der Waals surface area contributed by atoms with Crippen LogP contribution in [0.3, 0.4) is 0 Å².